The van der Waals surface area contributed by atoms with E-state index >= 15 is 0 Å². The van der Waals surface area contributed by atoms with Crippen LogP contribution < -0.4 is 28.4 Å². The van der Waals surface area contributed by atoms with E-state index in [1.54, 1.807) is 48.5 Å². The number of hydrogen-bond donors (Lipinski definition) is 2. The van der Waals surface area contributed by atoms with Crippen LogP contribution in [0.2, 0.25) is 0 Å². The molecule has 0 aliphatic heterocycles. The van der Waals surface area contributed by atoms with E-state index in [1.807, 2.05) is 0 Å². The first-order chi connectivity index (χ1) is 17.0. The minimum Gasteiger partial charge on any atom is -0.493 e. The maximum Gasteiger partial charge on any atom is 0.343 e. The van der Waals surface area contributed by atoms with Crippen molar-refractivity contribution >= 4 is 5.97 Å². The minimum absolute atomic E-state index is 0.0488. The van der Waals surface area contributed by atoms with Gasteiger partial charge in [-0.1, -0.05) is 24.3 Å². The van der Waals surface area contributed by atoms with E-state index in [2.05, 4.69) is 0 Å². The Balaban J connectivity index is 1.93. The number of para-hydroxylation sites is 1. The Kier molecular flexibility index (Phi) is 8.77. The van der Waals surface area contributed by atoms with Crippen LogP contribution in [-0.4, -0.2) is 57.3 Å². The van der Waals surface area contributed by atoms with Crippen LogP contribution in [0.5, 0.6) is 34.5 Å². The van der Waals surface area contributed by atoms with Crippen molar-refractivity contribution in [3.05, 3.63) is 71.8 Å². The lowest BCUT2D eigenvalue weighted by Crippen LogP contribution is -2.29. The summed E-state index contributed by atoms with van der Waals surface area (Å²) in [5.41, 5.74) is 0.645. The zero-order chi connectivity index (χ0) is 25.4. The van der Waals surface area contributed by atoms with Crippen molar-refractivity contribution in [1.29, 1.82) is 0 Å². The van der Waals surface area contributed by atoms with E-state index in [1.165, 1.54) is 40.6 Å². The molecule has 0 bridgehead atoms. The fourth-order valence-electron chi connectivity index (χ4n) is 3.40. The summed E-state index contributed by atoms with van der Waals surface area (Å²) in [6.45, 7) is -0.530. The molecule has 0 spiro atoms. The van der Waals surface area contributed by atoms with Gasteiger partial charge in [-0.3, -0.25) is 0 Å². The number of benzene rings is 3. The van der Waals surface area contributed by atoms with Gasteiger partial charge in [0.05, 0.1) is 40.6 Å². The summed E-state index contributed by atoms with van der Waals surface area (Å²) >= 11 is 0. The average molecular weight is 485 g/mol. The molecule has 2 atom stereocenters. The Morgan fingerprint density at radius 3 is 1.80 bits per heavy atom. The van der Waals surface area contributed by atoms with Crippen LogP contribution in [0.15, 0.2) is 60.7 Å². The molecule has 3 aromatic carbocycles. The van der Waals surface area contributed by atoms with Crippen molar-refractivity contribution < 1.29 is 43.4 Å². The summed E-state index contributed by atoms with van der Waals surface area (Å²) in [4.78, 5) is 12.6. The van der Waals surface area contributed by atoms with E-state index in [9.17, 15) is 15.0 Å². The zero-order valence-corrected chi connectivity index (χ0v) is 19.9. The van der Waals surface area contributed by atoms with Crippen molar-refractivity contribution in [3.8, 4) is 34.5 Å². The largest absolute Gasteiger partial charge is 0.493 e. The first-order valence-electron chi connectivity index (χ1n) is 10.7. The smallest absolute Gasteiger partial charge is 0.343 e. The third-order valence-electron chi connectivity index (χ3n) is 5.21. The second-order valence-electron chi connectivity index (χ2n) is 7.29. The maximum atomic E-state index is 12.6. The van der Waals surface area contributed by atoms with Crippen molar-refractivity contribution in [2.24, 2.45) is 0 Å². The van der Waals surface area contributed by atoms with Crippen LogP contribution in [-0.2, 0) is 0 Å². The molecule has 0 saturated heterocycles. The predicted octanol–water partition coefficient (Wildman–Crippen LogP) is 3.41. The van der Waals surface area contributed by atoms with Crippen LogP contribution in [0.25, 0.3) is 0 Å². The van der Waals surface area contributed by atoms with Gasteiger partial charge in [0.1, 0.15) is 6.10 Å². The minimum atomic E-state index is -1.32. The van der Waals surface area contributed by atoms with Gasteiger partial charge in [0.2, 0.25) is 11.5 Å². The molecule has 186 valence electrons. The molecule has 0 aliphatic rings. The van der Waals surface area contributed by atoms with Crippen LogP contribution in [0.4, 0.5) is 0 Å². The molecule has 3 rings (SSSR count). The monoisotopic (exact) mass is 484 g/mol. The summed E-state index contributed by atoms with van der Waals surface area (Å²) in [5, 5.41) is 21.1. The van der Waals surface area contributed by atoms with Crippen LogP contribution in [0.1, 0.15) is 22.0 Å². The van der Waals surface area contributed by atoms with Gasteiger partial charge in [-0.15, -0.1) is 0 Å². The third-order valence-corrected chi connectivity index (χ3v) is 5.21. The normalized spacial score (nSPS) is 12.3. The standard InChI is InChI=1S/C26H28O9/c1-30-18-11-8-12-19(31-2)24(18)34-22(15-27)23(28)17-13-20(32-3)25(21(14-17)33-4)35-26(29)16-9-6-5-7-10-16/h5-14,22-23,27-28H,15H2,1-4H3. The van der Waals surface area contributed by atoms with Gasteiger partial charge >= 0.3 is 5.97 Å². The molecule has 0 aromatic heterocycles. The van der Waals surface area contributed by atoms with Crippen molar-refractivity contribution in [1.82, 2.24) is 0 Å². The highest BCUT2D eigenvalue weighted by atomic mass is 16.6. The molecule has 3 aromatic rings. The highest BCUT2D eigenvalue weighted by molar-refractivity contribution is 5.91. The zero-order valence-electron chi connectivity index (χ0n) is 19.9. The molecular formula is C26H28O9. The van der Waals surface area contributed by atoms with Crippen LogP contribution in [0, 0.1) is 0 Å². The maximum absolute atomic E-state index is 12.6. The Bertz CT molecular complexity index is 1080. The van der Waals surface area contributed by atoms with Gasteiger partial charge in [-0.2, -0.15) is 0 Å². The summed E-state index contributed by atoms with van der Waals surface area (Å²) in [7, 11) is 5.73. The van der Waals surface area contributed by atoms with Gasteiger partial charge in [0.25, 0.3) is 0 Å². The molecule has 0 radical (unpaired) electrons. The van der Waals surface area contributed by atoms with Crippen LogP contribution >= 0.6 is 0 Å². The highest BCUT2D eigenvalue weighted by Gasteiger charge is 2.28. The number of rotatable bonds is 11. The van der Waals surface area contributed by atoms with E-state index in [0.717, 1.165) is 0 Å². The Morgan fingerprint density at radius 1 is 0.771 bits per heavy atom. The molecule has 2 N–H and O–H groups in total. The third kappa shape index (κ3) is 5.76. The molecule has 0 aliphatic carbocycles. The van der Waals surface area contributed by atoms with Crippen molar-refractivity contribution in [2.75, 3.05) is 35.0 Å². The van der Waals surface area contributed by atoms with Gasteiger partial charge in [0, 0.05) is 0 Å². The molecule has 0 heterocycles. The van der Waals surface area contributed by atoms with E-state index in [0.29, 0.717) is 22.6 Å². The number of carbonyl (C=O) groups excluding carboxylic acids is 1. The quantitative estimate of drug-likeness (QED) is 0.312. The van der Waals surface area contributed by atoms with Crippen molar-refractivity contribution in [2.45, 2.75) is 12.2 Å². The van der Waals surface area contributed by atoms with E-state index in [4.69, 9.17) is 28.4 Å². The fourth-order valence-corrected chi connectivity index (χ4v) is 3.40. The molecule has 35 heavy (non-hydrogen) atoms. The van der Waals surface area contributed by atoms with Crippen molar-refractivity contribution in [3.63, 3.8) is 0 Å². The molecule has 0 fully saturated rings. The molecule has 9 heteroatoms. The molecule has 2 unspecified atom stereocenters. The summed E-state index contributed by atoms with van der Waals surface area (Å²) in [6.07, 6.45) is -2.43. The fraction of sp³-hybridized carbons (Fsp3) is 0.269. The SMILES string of the molecule is COc1cc(C(O)C(CO)Oc2c(OC)cccc2OC)cc(OC)c1OC(=O)c1ccccc1. The number of aliphatic hydroxyl groups excluding tert-OH is 2. The number of hydrogen-bond acceptors (Lipinski definition) is 9. The lowest BCUT2D eigenvalue weighted by atomic mass is 10.0. The molecule has 0 saturated carbocycles. The molecular weight excluding hydrogens is 456 g/mol. The number of aliphatic hydroxyl groups is 2. The first kappa shape index (κ1) is 25.7. The lowest BCUT2D eigenvalue weighted by Gasteiger charge is -2.25. The van der Waals surface area contributed by atoms with Gasteiger partial charge in [-0.05, 0) is 42.0 Å². The number of carbonyl (C=O) groups is 1. The van der Waals surface area contributed by atoms with Gasteiger partial charge in [0.15, 0.2) is 29.1 Å². The van der Waals surface area contributed by atoms with E-state index in [-0.39, 0.29) is 23.0 Å². The highest BCUT2D eigenvalue weighted by Crippen LogP contribution is 2.42. The van der Waals surface area contributed by atoms with Gasteiger partial charge in [-0.25, -0.2) is 4.79 Å². The lowest BCUT2D eigenvalue weighted by molar-refractivity contribution is -0.00184. The Labute approximate surface area is 203 Å². The Morgan fingerprint density at radius 2 is 1.31 bits per heavy atom. The number of ether oxygens (including phenoxy) is 6. The molecule has 9 nitrogen and oxygen atoms in total. The van der Waals surface area contributed by atoms with E-state index < -0.39 is 24.8 Å². The van der Waals surface area contributed by atoms with Gasteiger partial charge < -0.3 is 38.6 Å². The number of methoxy groups -OCH3 is 4. The molecule has 0 amide bonds. The second-order valence-corrected chi connectivity index (χ2v) is 7.29. The number of esters is 1. The summed E-state index contributed by atoms with van der Waals surface area (Å²) in [5.74, 6) is 0.705. The topological polar surface area (TPSA) is 113 Å². The predicted molar refractivity (Wildman–Crippen MR) is 127 cm³/mol. The summed E-state index contributed by atoms with van der Waals surface area (Å²) in [6, 6.07) is 16.5. The first-order valence-corrected chi connectivity index (χ1v) is 10.7. The van der Waals surface area contributed by atoms with Crippen LogP contribution in [0.3, 0.4) is 0 Å². The average Bonchev–Trinajstić information content (AvgIpc) is 2.91. The Hall–Kier alpha value is -3.95. The summed E-state index contributed by atoms with van der Waals surface area (Å²) < 4.78 is 32.9. The second kappa shape index (κ2) is 12.0.